The SMILES string of the molecule is COCC1CCN(Cc2ccc(O)c(OC)c2)C1. The number of likely N-dealkylation sites (tertiary alicyclic amines) is 1. The van der Waals surface area contributed by atoms with Gasteiger partial charge in [0.2, 0.25) is 0 Å². The summed E-state index contributed by atoms with van der Waals surface area (Å²) in [6.07, 6.45) is 1.20. The molecule has 18 heavy (non-hydrogen) atoms. The average molecular weight is 251 g/mol. The Balaban J connectivity index is 1.94. The van der Waals surface area contributed by atoms with Gasteiger partial charge in [-0.2, -0.15) is 0 Å². The lowest BCUT2D eigenvalue weighted by molar-refractivity contribution is 0.152. The molecule has 0 amide bonds. The van der Waals surface area contributed by atoms with E-state index < -0.39 is 0 Å². The number of rotatable bonds is 5. The lowest BCUT2D eigenvalue weighted by Crippen LogP contribution is -2.21. The molecule has 0 aromatic heterocycles. The molecule has 0 bridgehead atoms. The van der Waals surface area contributed by atoms with Gasteiger partial charge in [-0.05, 0) is 36.6 Å². The molecule has 2 rings (SSSR count). The molecule has 1 atom stereocenters. The van der Waals surface area contributed by atoms with E-state index in [4.69, 9.17) is 9.47 Å². The summed E-state index contributed by atoms with van der Waals surface area (Å²) in [5.74, 6) is 1.38. The fraction of sp³-hybridized carbons (Fsp3) is 0.571. The second-order valence-corrected chi connectivity index (χ2v) is 4.85. The van der Waals surface area contributed by atoms with Crippen LogP contribution in [0.25, 0.3) is 0 Å². The highest BCUT2D eigenvalue weighted by molar-refractivity contribution is 5.41. The van der Waals surface area contributed by atoms with Gasteiger partial charge in [-0.15, -0.1) is 0 Å². The van der Waals surface area contributed by atoms with Crippen molar-refractivity contribution in [3.8, 4) is 11.5 Å². The molecule has 1 fully saturated rings. The van der Waals surface area contributed by atoms with E-state index in [1.54, 1.807) is 20.3 Å². The van der Waals surface area contributed by atoms with Crippen LogP contribution in [-0.4, -0.2) is 43.9 Å². The second kappa shape index (κ2) is 6.07. The van der Waals surface area contributed by atoms with Crippen LogP contribution < -0.4 is 4.74 Å². The summed E-state index contributed by atoms with van der Waals surface area (Å²) in [6.45, 7) is 3.93. The summed E-state index contributed by atoms with van der Waals surface area (Å²) in [7, 11) is 3.33. The van der Waals surface area contributed by atoms with Crippen LogP contribution in [0.15, 0.2) is 18.2 Å². The summed E-state index contributed by atoms with van der Waals surface area (Å²) in [4.78, 5) is 2.41. The van der Waals surface area contributed by atoms with Crippen molar-refractivity contribution in [1.82, 2.24) is 4.90 Å². The van der Waals surface area contributed by atoms with Crippen molar-refractivity contribution < 1.29 is 14.6 Å². The summed E-state index contributed by atoms with van der Waals surface area (Å²) in [5, 5.41) is 9.55. The largest absolute Gasteiger partial charge is 0.504 e. The minimum absolute atomic E-state index is 0.194. The summed E-state index contributed by atoms with van der Waals surface area (Å²) in [5.41, 5.74) is 1.17. The van der Waals surface area contributed by atoms with E-state index in [2.05, 4.69) is 4.90 Å². The molecule has 0 aliphatic carbocycles. The maximum Gasteiger partial charge on any atom is 0.160 e. The minimum Gasteiger partial charge on any atom is -0.504 e. The highest BCUT2D eigenvalue weighted by Crippen LogP contribution is 2.27. The van der Waals surface area contributed by atoms with Gasteiger partial charge in [-0.1, -0.05) is 6.07 Å². The molecule has 0 radical (unpaired) electrons. The van der Waals surface area contributed by atoms with Gasteiger partial charge in [0, 0.05) is 20.2 Å². The number of phenolic OH excluding ortho intramolecular Hbond substituents is 1. The van der Waals surface area contributed by atoms with Gasteiger partial charge < -0.3 is 14.6 Å². The molecule has 1 aromatic carbocycles. The van der Waals surface area contributed by atoms with Gasteiger partial charge >= 0.3 is 0 Å². The second-order valence-electron chi connectivity index (χ2n) is 4.85. The molecule has 1 N–H and O–H groups in total. The predicted molar refractivity (Wildman–Crippen MR) is 69.9 cm³/mol. The predicted octanol–water partition coefficient (Wildman–Crippen LogP) is 1.87. The third-order valence-electron chi connectivity index (χ3n) is 3.42. The molecule has 1 saturated heterocycles. The molecule has 4 nitrogen and oxygen atoms in total. The van der Waals surface area contributed by atoms with Crippen LogP contribution in [0.3, 0.4) is 0 Å². The van der Waals surface area contributed by atoms with Crippen LogP contribution in [0.1, 0.15) is 12.0 Å². The Hall–Kier alpha value is -1.26. The van der Waals surface area contributed by atoms with E-state index in [9.17, 15) is 5.11 Å². The Bertz CT molecular complexity index is 395. The van der Waals surface area contributed by atoms with Crippen LogP contribution >= 0.6 is 0 Å². The summed E-state index contributed by atoms with van der Waals surface area (Å²) >= 11 is 0. The number of hydrogen-bond donors (Lipinski definition) is 1. The fourth-order valence-corrected chi connectivity index (χ4v) is 2.51. The fourth-order valence-electron chi connectivity index (χ4n) is 2.51. The Labute approximate surface area is 108 Å². The van der Waals surface area contributed by atoms with Crippen LogP contribution in [0.5, 0.6) is 11.5 Å². The smallest absolute Gasteiger partial charge is 0.160 e. The van der Waals surface area contributed by atoms with E-state index in [-0.39, 0.29) is 5.75 Å². The van der Waals surface area contributed by atoms with Gasteiger partial charge in [0.25, 0.3) is 0 Å². The first-order chi connectivity index (χ1) is 8.72. The summed E-state index contributed by atoms with van der Waals surface area (Å²) in [6, 6.07) is 5.54. The van der Waals surface area contributed by atoms with Crippen molar-refractivity contribution in [3.05, 3.63) is 23.8 Å². The van der Waals surface area contributed by atoms with E-state index in [1.165, 1.54) is 12.0 Å². The zero-order valence-electron chi connectivity index (χ0n) is 11.1. The number of nitrogens with zero attached hydrogens (tertiary/aromatic N) is 1. The zero-order chi connectivity index (χ0) is 13.0. The van der Waals surface area contributed by atoms with Gasteiger partial charge in [0.15, 0.2) is 11.5 Å². The molecule has 1 aromatic rings. The molecule has 100 valence electrons. The molecule has 0 saturated carbocycles. The lowest BCUT2D eigenvalue weighted by Gasteiger charge is -2.16. The number of ether oxygens (including phenoxy) is 2. The Morgan fingerprint density at radius 3 is 2.94 bits per heavy atom. The Morgan fingerprint density at radius 1 is 1.39 bits per heavy atom. The van der Waals surface area contributed by atoms with Gasteiger partial charge in [0.1, 0.15) is 0 Å². The van der Waals surface area contributed by atoms with Crippen molar-refractivity contribution in [3.63, 3.8) is 0 Å². The van der Waals surface area contributed by atoms with Crippen molar-refractivity contribution in [2.75, 3.05) is 33.9 Å². The van der Waals surface area contributed by atoms with Crippen molar-refractivity contribution in [2.45, 2.75) is 13.0 Å². The molecule has 1 heterocycles. The van der Waals surface area contributed by atoms with Gasteiger partial charge in [-0.3, -0.25) is 4.90 Å². The quantitative estimate of drug-likeness (QED) is 0.867. The van der Waals surface area contributed by atoms with E-state index in [1.807, 2.05) is 12.1 Å². The highest BCUT2D eigenvalue weighted by atomic mass is 16.5. The molecular formula is C14H21NO3. The molecule has 1 aliphatic rings. The molecule has 1 unspecified atom stereocenters. The lowest BCUT2D eigenvalue weighted by atomic mass is 10.1. The number of hydrogen-bond acceptors (Lipinski definition) is 4. The van der Waals surface area contributed by atoms with Crippen molar-refractivity contribution >= 4 is 0 Å². The first-order valence-corrected chi connectivity index (χ1v) is 6.30. The molecule has 1 aliphatic heterocycles. The third kappa shape index (κ3) is 3.15. The number of phenols is 1. The summed E-state index contributed by atoms with van der Waals surface area (Å²) < 4.78 is 10.3. The van der Waals surface area contributed by atoms with Crippen LogP contribution in [0.4, 0.5) is 0 Å². The first-order valence-electron chi connectivity index (χ1n) is 6.30. The number of methoxy groups -OCH3 is 2. The zero-order valence-corrected chi connectivity index (χ0v) is 11.1. The highest BCUT2D eigenvalue weighted by Gasteiger charge is 2.22. The monoisotopic (exact) mass is 251 g/mol. The van der Waals surface area contributed by atoms with E-state index in [0.717, 1.165) is 26.2 Å². The number of aromatic hydroxyl groups is 1. The van der Waals surface area contributed by atoms with Crippen LogP contribution in [0, 0.1) is 5.92 Å². The average Bonchev–Trinajstić information content (AvgIpc) is 2.80. The topological polar surface area (TPSA) is 41.9 Å². The normalized spacial score (nSPS) is 20.2. The van der Waals surface area contributed by atoms with E-state index >= 15 is 0 Å². The van der Waals surface area contributed by atoms with Gasteiger partial charge in [0.05, 0.1) is 13.7 Å². The van der Waals surface area contributed by atoms with Crippen molar-refractivity contribution in [2.24, 2.45) is 5.92 Å². The minimum atomic E-state index is 0.194. The Morgan fingerprint density at radius 2 is 2.22 bits per heavy atom. The van der Waals surface area contributed by atoms with Crippen molar-refractivity contribution in [1.29, 1.82) is 0 Å². The standard InChI is InChI=1S/C14H21NO3/c1-17-10-12-5-6-15(9-12)8-11-3-4-13(16)14(7-11)18-2/h3-4,7,12,16H,5-6,8-10H2,1-2H3. The Kier molecular flexibility index (Phi) is 4.44. The van der Waals surface area contributed by atoms with E-state index in [0.29, 0.717) is 11.7 Å². The molecular weight excluding hydrogens is 230 g/mol. The maximum absolute atomic E-state index is 9.55. The maximum atomic E-state index is 9.55. The van der Waals surface area contributed by atoms with Crippen LogP contribution in [-0.2, 0) is 11.3 Å². The third-order valence-corrected chi connectivity index (χ3v) is 3.42. The first kappa shape index (κ1) is 13.2. The molecule has 4 heteroatoms. The van der Waals surface area contributed by atoms with Crippen LogP contribution in [0.2, 0.25) is 0 Å². The molecule has 0 spiro atoms. The number of benzene rings is 1. The van der Waals surface area contributed by atoms with Gasteiger partial charge in [-0.25, -0.2) is 0 Å².